The quantitative estimate of drug-likeness (QED) is 0.848. The molecule has 3 atom stereocenters. The van der Waals surface area contributed by atoms with Crippen LogP contribution in [0.1, 0.15) is 51.9 Å². The molecule has 0 radical (unpaired) electrons. The fourth-order valence-corrected chi connectivity index (χ4v) is 4.85. The third-order valence-corrected chi connectivity index (χ3v) is 6.22. The van der Waals surface area contributed by atoms with E-state index in [0.29, 0.717) is 5.54 Å². The minimum absolute atomic E-state index is 0.326. The molecule has 0 aromatic heterocycles. The van der Waals surface area contributed by atoms with E-state index >= 15 is 0 Å². The van der Waals surface area contributed by atoms with E-state index in [9.17, 15) is 0 Å². The Labute approximate surface area is 118 Å². The molecular formula is C16H31N3. The maximum Gasteiger partial charge on any atom is 0.0357 e. The first-order valence-corrected chi connectivity index (χ1v) is 8.45. The summed E-state index contributed by atoms with van der Waals surface area (Å²) in [5.41, 5.74) is 6.58. The maximum atomic E-state index is 6.25. The lowest BCUT2D eigenvalue weighted by Crippen LogP contribution is -2.59. The summed E-state index contributed by atoms with van der Waals surface area (Å²) in [6.45, 7) is 8.54. The van der Waals surface area contributed by atoms with Crippen LogP contribution in [0, 0.1) is 5.92 Å². The topological polar surface area (TPSA) is 32.5 Å². The summed E-state index contributed by atoms with van der Waals surface area (Å²) in [4.78, 5) is 5.51. The van der Waals surface area contributed by atoms with Crippen LogP contribution in [0.4, 0.5) is 0 Å². The fourth-order valence-electron chi connectivity index (χ4n) is 4.85. The van der Waals surface area contributed by atoms with E-state index in [4.69, 9.17) is 5.73 Å². The summed E-state index contributed by atoms with van der Waals surface area (Å²) >= 11 is 0. The molecule has 1 saturated carbocycles. The largest absolute Gasteiger partial charge is 0.329 e. The Morgan fingerprint density at radius 1 is 1.05 bits per heavy atom. The minimum atomic E-state index is 0.326. The molecule has 110 valence electrons. The third kappa shape index (κ3) is 2.45. The molecule has 0 aromatic rings. The predicted octanol–water partition coefficient (Wildman–Crippen LogP) is 2.06. The summed E-state index contributed by atoms with van der Waals surface area (Å²) in [6.07, 6.45) is 9.69. The molecule has 3 nitrogen and oxygen atoms in total. The average Bonchev–Trinajstić information content (AvgIpc) is 3.10. The van der Waals surface area contributed by atoms with Gasteiger partial charge in [-0.05, 0) is 51.1 Å². The van der Waals surface area contributed by atoms with E-state index in [2.05, 4.69) is 16.7 Å². The van der Waals surface area contributed by atoms with E-state index in [-0.39, 0.29) is 0 Å². The van der Waals surface area contributed by atoms with E-state index in [1.807, 2.05) is 0 Å². The van der Waals surface area contributed by atoms with Gasteiger partial charge in [-0.2, -0.15) is 0 Å². The van der Waals surface area contributed by atoms with Gasteiger partial charge >= 0.3 is 0 Å². The summed E-state index contributed by atoms with van der Waals surface area (Å²) in [6, 6.07) is 0.819. The van der Waals surface area contributed by atoms with E-state index in [1.165, 1.54) is 71.1 Å². The summed E-state index contributed by atoms with van der Waals surface area (Å²) in [5, 5.41) is 0. The van der Waals surface area contributed by atoms with Gasteiger partial charge in [0.15, 0.2) is 0 Å². The number of hydrogen-bond donors (Lipinski definition) is 1. The van der Waals surface area contributed by atoms with Crippen LogP contribution in [0.25, 0.3) is 0 Å². The molecule has 3 unspecified atom stereocenters. The van der Waals surface area contributed by atoms with Crippen LogP contribution in [0.2, 0.25) is 0 Å². The molecule has 19 heavy (non-hydrogen) atoms. The Kier molecular flexibility index (Phi) is 4.16. The Morgan fingerprint density at radius 2 is 1.84 bits per heavy atom. The molecule has 2 heterocycles. The minimum Gasteiger partial charge on any atom is -0.329 e. The Bertz CT molecular complexity index is 300. The van der Waals surface area contributed by atoms with Crippen molar-refractivity contribution in [1.82, 2.24) is 9.80 Å². The Balaban J connectivity index is 1.67. The zero-order chi connectivity index (χ0) is 13.3. The molecule has 2 saturated heterocycles. The molecule has 3 heteroatoms. The third-order valence-electron chi connectivity index (χ3n) is 6.22. The zero-order valence-electron chi connectivity index (χ0n) is 12.6. The van der Waals surface area contributed by atoms with Gasteiger partial charge in [-0.25, -0.2) is 0 Å². The molecule has 3 aliphatic rings. The highest BCUT2D eigenvalue weighted by Crippen LogP contribution is 2.40. The average molecular weight is 265 g/mol. The van der Waals surface area contributed by atoms with Gasteiger partial charge < -0.3 is 5.73 Å². The van der Waals surface area contributed by atoms with Crippen LogP contribution in [0.5, 0.6) is 0 Å². The van der Waals surface area contributed by atoms with Gasteiger partial charge in [0.1, 0.15) is 0 Å². The summed E-state index contributed by atoms with van der Waals surface area (Å²) in [7, 11) is 0. The first-order chi connectivity index (χ1) is 9.26. The van der Waals surface area contributed by atoms with Crippen LogP contribution < -0.4 is 5.73 Å². The second-order valence-corrected chi connectivity index (χ2v) is 7.09. The van der Waals surface area contributed by atoms with Gasteiger partial charge in [-0.1, -0.05) is 19.8 Å². The standard InChI is InChI=1S/C16H31N3/c1-14-6-2-3-8-16(14,13-17)19-11-7-15(12-19)18-9-4-5-10-18/h14-15H,2-13,17H2,1H3. The molecule has 0 aromatic carbocycles. The molecule has 0 bridgehead atoms. The Morgan fingerprint density at radius 3 is 2.53 bits per heavy atom. The van der Waals surface area contributed by atoms with E-state index < -0.39 is 0 Å². The number of hydrogen-bond acceptors (Lipinski definition) is 3. The lowest BCUT2D eigenvalue weighted by molar-refractivity contribution is 0.0265. The van der Waals surface area contributed by atoms with Crippen molar-refractivity contribution in [3.05, 3.63) is 0 Å². The van der Waals surface area contributed by atoms with Gasteiger partial charge in [0.2, 0.25) is 0 Å². The number of rotatable bonds is 3. The molecule has 0 spiro atoms. The molecule has 3 rings (SSSR count). The van der Waals surface area contributed by atoms with Crippen molar-refractivity contribution in [3.63, 3.8) is 0 Å². The van der Waals surface area contributed by atoms with Crippen molar-refractivity contribution in [2.45, 2.75) is 63.5 Å². The normalized spacial score (nSPS) is 42.0. The number of nitrogens with zero attached hydrogens (tertiary/aromatic N) is 2. The van der Waals surface area contributed by atoms with E-state index in [0.717, 1.165) is 18.5 Å². The highest BCUT2D eigenvalue weighted by molar-refractivity contribution is 5.02. The van der Waals surface area contributed by atoms with Crippen molar-refractivity contribution in [2.75, 3.05) is 32.7 Å². The SMILES string of the molecule is CC1CCCCC1(CN)N1CCC(N2CCCC2)C1. The van der Waals surface area contributed by atoms with Crippen molar-refractivity contribution in [1.29, 1.82) is 0 Å². The lowest BCUT2D eigenvalue weighted by atomic mass is 9.72. The second-order valence-electron chi connectivity index (χ2n) is 7.09. The first kappa shape index (κ1) is 13.8. The molecule has 1 aliphatic carbocycles. The van der Waals surface area contributed by atoms with Gasteiger partial charge in [0.25, 0.3) is 0 Å². The molecule has 3 fully saturated rings. The van der Waals surface area contributed by atoms with Crippen LogP contribution in [0.3, 0.4) is 0 Å². The molecule has 2 N–H and O–H groups in total. The highest BCUT2D eigenvalue weighted by atomic mass is 15.3. The first-order valence-electron chi connectivity index (χ1n) is 8.45. The molecular weight excluding hydrogens is 234 g/mol. The van der Waals surface area contributed by atoms with Crippen molar-refractivity contribution in [3.8, 4) is 0 Å². The van der Waals surface area contributed by atoms with E-state index in [1.54, 1.807) is 0 Å². The predicted molar refractivity (Wildman–Crippen MR) is 80.2 cm³/mol. The van der Waals surface area contributed by atoms with Crippen molar-refractivity contribution in [2.24, 2.45) is 11.7 Å². The highest BCUT2D eigenvalue weighted by Gasteiger charge is 2.45. The summed E-state index contributed by atoms with van der Waals surface area (Å²) < 4.78 is 0. The molecule has 0 amide bonds. The van der Waals surface area contributed by atoms with Crippen LogP contribution in [-0.4, -0.2) is 54.1 Å². The van der Waals surface area contributed by atoms with Crippen LogP contribution in [0.15, 0.2) is 0 Å². The smallest absolute Gasteiger partial charge is 0.0357 e. The van der Waals surface area contributed by atoms with Gasteiger partial charge in [0, 0.05) is 31.2 Å². The number of nitrogens with two attached hydrogens (primary N) is 1. The number of likely N-dealkylation sites (tertiary alicyclic amines) is 2. The van der Waals surface area contributed by atoms with Gasteiger partial charge in [0.05, 0.1) is 0 Å². The second kappa shape index (κ2) is 5.71. The van der Waals surface area contributed by atoms with Gasteiger partial charge in [-0.15, -0.1) is 0 Å². The van der Waals surface area contributed by atoms with Crippen LogP contribution >= 0.6 is 0 Å². The Hall–Kier alpha value is -0.120. The fraction of sp³-hybridized carbons (Fsp3) is 1.00. The maximum absolute atomic E-state index is 6.25. The van der Waals surface area contributed by atoms with Crippen molar-refractivity contribution < 1.29 is 0 Å². The summed E-state index contributed by atoms with van der Waals surface area (Å²) in [5.74, 6) is 0.781. The lowest BCUT2D eigenvalue weighted by Gasteiger charge is -2.49. The monoisotopic (exact) mass is 265 g/mol. The molecule has 2 aliphatic heterocycles. The van der Waals surface area contributed by atoms with Gasteiger partial charge in [-0.3, -0.25) is 9.80 Å². The van der Waals surface area contributed by atoms with Crippen LogP contribution in [-0.2, 0) is 0 Å². The zero-order valence-corrected chi connectivity index (χ0v) is 12.6. The van der Waals surface area contributed by atoms with Crippen molar-refractivity contribution >= 4 is 0 Å².